The fourth-order valence-electron chi connectivity index (χ4n) is 1.42. The fourth-order valence-corrected chi connectivity index (χ4v) is 3.80. The second-order valence-electron chi connectivity index (χ2n) is 2.81. The zero-order valence-corrected chi connectivity index (χ0v) is 8.60. The molecule has 1 aliphatic carbocycles. The number of thiophene rings is 1. The summed E-state index contributed by atoms with van der Waals surface area (Å²) in [5, 5.41) is 0. The number of fused-ring (bicyclic) bond motifs is 1. The number of halogens is 1. The zero-order chi connectivity index (χ0) is 8.77. The van der Waals surface area contributed by atoms with Crippen LogP contribution >= 0.6 is 22.0 Å². The first-order chi connectivity index (χ1) is 5.57. The molecule has 0 bridgehead atoms. The van der Waals surface area contributed by atoms with Crippen molar-refractivity contribution < 1.29 is 8.42 Å². The van der Waals surface area contributed by atoms with Gasteiger partial charge in [0.25, 0.3) is 9.05 Å². The van der Waals surface area contributed by atoms with Gasteiger partial charge in [-0.15, -0.1) is 11.3 Å². The molecule has 0 aliphatic heterocycles. The van der Waals surface area contributed by atoms with Gasteiger partial charge >= 0.3 is 0 Å². The van der Waals surface area contributed by atoms with Gasteiger partial charge in [0, 0.05) is 15.6 Å². The molecule has 0 fully saturated rings. The number of rotatable bonds is 1. The first kappa shape index (κ1) is 8.53. The molecule has 0 saturated heterocycles. The van der Waals surface area contributed by atoms with Gasteiger partial charge in [0.15, 0.2) is 0 Å². The maximum Gasteiger partial charge on any atom is 0.270 e. The summed E-state index contributed by atoms with van der Waals surface area (Å²) in [6.45, 7) is 0. The summed E-state index contributed by atoms with van der Waals surface area (Å²) in [7, 11) is 1.72. The van der Waals surface area contributed by atoms with Crippen molar-refractivity contribution in [2.45, 2.75) is 23.5 Å². The van der Waals surface area contributed by atoms with E-state index in [9.17, 15) is 8.42 Å². The Morgan fingerprint density at radius 1 is 1.42 bits per heavy atom. The van der Waals surface area contributed by atoms with Gasteiger partial charge in [0.2, 0.25) is 0 Å². The molecule has 0 amide bonds. The predicted molar refractivity (Wildman–Crippen MR) is 49.4 cm³/mol. The van der Waals surface area contributed by atoms with E-state index in [1.807, 2.05) is 0 Å². The molecule has 1 aromatic heterocycles. The van der Waals surface area contributed by atoms with Crippen LogP contribution in [0.3, 0.4) is 0 Å². The van der Waals surface area contributed by atoms with Crippen LogP contribution in [0.4, 0.5) is 0 Å². The van der Waals surface area contributed by atoms with Crippen molar-refractivity contribution in [3.8, 4) is 0 Å². The minimum absolute atomic E-state index is 0.300. The molecule has 0 spiro atoms. The number of aryl methyl sites for hydroxylation is 2. The first-order valence-corrected chi connectivity index (χ1v) is 6.76. The third kappa shape index (κ3) is 1.39. The standard InChI is InChI=1S/C7H7ClO2S2/c8-12(9,10)7-4-5-2-1-3-6(5)11-7/h4H,1-3H2. The molecular weight excluding hydrogens is 216 g/mol. The molecule has 2 rings (SSSR count). The van der Waals surface area contributed by atoms with E-state index in [0.29, 0.717) is 4.21 Å². The van der Waals surface area contributed by atoms with Gasteiger partial charge in [-0.05, 0) is 30.9 Å². The van der Waals surface area contributed by atoms with Gasteiger partial charge < -0.3 is 0 Å². The van der Waals surface area contributed by atoms with Gasteiger partial charge in [-0.2, -0.15) is 0 Å². The Morgan fingerprint density at radius 2 is 2.17 bits per heavy atom. The van der Waals surface area contributed by atoms with Gasteiger partial charge in [-0.25, -0.2) is 8.42 Å². The number of hydrogen-bond acceptors (Lipinski definition) is 3. The second kappa shape index (κ2) is 2.72. The van der Waals surface area contributed by atoms with Crippen molar-refractivity contribution >= 4 is 31.1 Å². The van der Waals surface area contributed by atoms with Crippen LogP contribution in [0.15, 0.2) is 10.3 Å². The maximum absolute atomic E-state index is 10.9. The van der Waals surface area contributed by atoms with Crippen LogP contribution in [0.25, 0.3) is 0 Å². The normalized spacial score (nSPS) is 16.4. The summed E-state index contributed by atoms with van der Waals surface area (Å²) >= 11 is 1.31. The van der Waals surface area contributed by atoms with Gasteiger partial charge in [0.05, 0.1) is 0 Å². The summed E-state index contributed by atoms with van der Waals surface area (Å²) in [6, 6.07) is 1.70. The van der Waals surface area contributed by atoms with E-state index in [1.165, 1.54) is 21.8 Å². The minimum atomic E-state index is -3.49. The molecular formula is C7H7ClO2S2. The fraction of sp³-hybridized carbons (Fsp3) is 0.429. The van der Waals surface area contributed by atoms with E-state index in [2.05, 4.69) is 0 Å². The zero-order valence-electron chi connectivity index (χ0n) is 6.21. The van der Waals surface area contributed by atoms with Crippen LogP contribution in [0.2, 0.25) is 0 Å². The highest BCUT2D eigenvalue weighted by molar-refractivity contribution is 8.15. The topological polar surface area (TPSA) is 34.1 Å². The first-order valence-electron chi connectivity index (χ1n) is 3.63. The third-order valence-corrected chi connectivity index (χ3v) is 5.28. The molecule has 0 atom stereocenters. The molecule has 12 heavy (non-hydrogen) atoms. The van der Waals surface area contributed by atoms with Crippen molar-refractivity contribution in [1.29, 1.82) is 0 Å². The van der Waals surface area contributed by atoms with Crippen LogP contribution in [-0.2, 0) is 21.9 Å². The second-order valence-corrected chi connectivity index (χ2v) is 6.73. The largest absolute Gasteiger partial charge is 0.270 e. The Morgan fingerprint density at radius 3 is 2.75 bits per heavy atom. The smallest absolute Gasteiger partial charge is 0.206 e. The van der Waals surface area contributed by atoms with Crippen LogP contribution in [0, 0.1) is 0 Å². The lowest BCUT2D eigenvalue weighted by molar-refractivity contribution is 0.611. The Hall–Kier alpha value is -0.0600. The minimum Gasteiger partial charge on any atom is -0.206 e. The van der Waals surface area contributed by atoms with Crippen LogP contribution in [-0.4, -0.2) is 8.42 Å². The summed E-state index contributed by atoms with van der Waals surface area (Å²) in [4.78, 5) is 1.19. The summed E-state index contributed by atoms with van der Waals surface area (Å²) in [5.74, 6) is 0. The van der Waals surface area contributed by atoms with Crippen LogP contribution in [0.5, 0.6) is 0 Å². The van der Waals surface area contributed by atoms with Crippen molar-refractivity contribution in [3.63, 3.8) is 0 Å². The lowest BCUT2D eigenvalue weighted by Crippen LogP contribution is -1.84. The monoisotopic (exact) mass is 222 g/mol. The molecule has 0 unspecified atom stereocenters. The Balaban J connectivity index is 2.51. The highest BCUT2D eigenvalue weighted by Crippen LogP contribution is 2.34. The molecule has 66 valence electrons. The van der Waals surface area contributed by atoms with Gasteiger partial charge in [-0.1, -0.05) is 0 Å². The highest BCUT2D eigenvalue weighted by Gasteiger charge is 2.20. The quantitative estimate of drug-likeness (QED) is 0.683. The molecule has 0 radical (unpaired) electrons. The van der Waals surface area contributed by atoms with E-state index < -0.39 is 9.05 Å². The van der Waals surface area contributed by atoms with E-state index >= 15 is 0 Å². The molecule has 1 aliphatic rings. The number of hydrogen-bond donors (Lipinski definition) is 0. The average Bonchev–Trinajstić information content (AvgIpc) is 2.37. The Kier molecular flexibility index (Phi) is 1.93. The Labute approximate surface area is 79.6 Å². The third-order valence-electron chi connectivity index (χ3n) is 1.96. The van der Waals surface area contributed by atoms with Crippen molar-refractivity contribution in [1.82, 2.24) is 0 Å². The molecule has 0 aromatic carbocycles. The lowest BCUT2D eigenvalue weighted by Gasteiger charge is -1.87. The predicted octanol–water partition coefficient (Wildman–Crippen LogP) is 2.16. The van der Waals surface area contributed by atoms with Crippen LogP contribution < -0.4 is 0 Å². The average molecular weight is 223 g/mol. The van der Waals surface area contributed by atoms with Gasteiger partial charge in [-0.3, -0.25) is 0 Å². The molecule has 5 heteroatoms. The van der Waals surface area contributed by atoms with Crippen molar-refractivity contribution in [2.24, 2.45) is 0 Å². The summed E-state index contributed by atoms with van der Waals surface area (Å²) < 4.78 is 22.1. The highest BCUT2D eigenvalue weighted by atomic mass is 35.7. The summed E-state index contributed by atoms with van der Waals surface area (Å²) in [6.07, 6.45) is 3.15. The van der Waals surface area contributed by atoms with Crippen molar-refractivity contribution in [2.75, 3.05) is 0 Å². The lowest BCUT2D eigenvalue weighted by atomic mass is 10.3. The van der Waals surface area contributed by atoms with E-state index in [4.69, 9.17) is 10.7 Å². The molecule has 2 nitrogen and oxygen atoms in total. The van der Waals surface area contributed by atoms with Crippen molar-refractivity contribution in [3.05, 3.63) is 16.5 Å². The molecule has 0 N–H and O–H groups in total. The molecule has 0 saturated carbocycles. The van der Waals surface area contributed by atoms with Crippen LogP contribution in [0.1, 0.15) is 16.9 Å². The molecule has 1 aromatic rings. The maximum atomic E-state index is 10.9. The molecule has 1 heterocycles. The van der Waals surface area contributed by atoms with E-state index in [1.54, 1.807) is 6.07 Å². The Bertz CT molecular complexity index is 384. The van der Waals surface area contributed by atoms with Gasteiger partial charge in [0.1, 0.15) is 4.21 Å². The SMILES string of the molecule is O=S(=O)(Cl)c1cc2c(s1)CCC2. The van der Waals surface area contributed by atoms with E-state index in [0.717, 1.165) is 19.3 Å². The summed E-state index contributed by atoms with van der Waals surface area (Å²) in [5.41, 5.74) is 1.17. The van der Waals surface area contributed by atoms with E-state index in [-0.39, 0.29) is 0 Å².